The van der Waals surface area contributed by atoms with Crippen molar-refractivity contribution in [3.8, 4) is 0 Å². The summed E-state index contributed by atoms with van der Waals surface area (Å²) in [7, 11) is 0. The summed E-state index contributed by atoms with van der Waals surface area (Å²) in [5.74, 6) is 0.0176. The van der Waals surface area contributed by atoms with E-state index in [2.05, 4.69) is 15.0 Å². The number of hydrogen-bond donors (Lipinski definition) is 2. The molecule has 0 bridgehead atoms. The second-order valence-electron chi connectivity index (χ2n) is 4.52. The second-order valence-corrected chi connectivity index (χ2v) is 6.51. The highest BCUT2D eigenvalue weighted by atomic mass is 32.2. The topological polar surface area (TPSA) is 84.7 Å². The number of thioether (sulfide) groups is 1. The number of thiazole rings is 1. The lowest BCUT2D eigenvalue weighted by atomic mass is 10.1. The van der Waals surface area contributed by atoms with Gasteiger partial charge in [0.15, 0.2) is 15.9 Å². The van der Waals surface area contributed by atoms with Gasteiger partial charge in [0.25, 0.3) is 5.56 Å². The minimum atomic E-state index is -4.43. The molecule has 0 radical (unpaired) electrons. The Labute approximate surface area is 135 Å². The number of nitrogens with zero attached hydrogens (tertiary/aromatic N) is 2. The van der Waals surface area contributed by atoms with Crippen LogP contribution >= 0.6 is 23.1 Å². The van der Waals surface area contributed by atoms with E-state index in [9.17, 15) is 18.0 Å². The SMILES string of the molecule is Nc1nc2nc(SCc3ccccc3C(F)(F)F)[nH]c(=O)c2s1. The summed E-state index contributed by atoms with van der Waals surface area (Å²) in [6.07, 6.45) is -4.43. The lowest BCUT2D eigenvalue weighted by Crippen LogP contribution is -2.09. The molecule has 0 amide bonds. The first-order valence-electron chi connectivity index (χ1n) is 6.29. The van der Waals surface area contributed by atoms with E-state index in [1.165, 1.54) is 18.2 Å². The third-order valence-corrected chi connectivity index (χ3v) is 4.74. The first kappa shape index (κ1) is 15.8. The van der Waals surface area contributed by atoms with Crippen LogP contribution in [-0.2, 0) is 11.9 Å². The fraction of sp³-hybridized carbons (Fsp3) is 0.154. The van der Waals surface area contributed by atoms with Crippen molar-refractivity contribution in [3.63, 3.8) is 0 Å². The summed E-state index contributed by atoms with van der Waals surface area (Å²) < 4.78 is 39.1. The molecule has 23 heavy (non-hydrogen) atoms. The quantitative estimate of drug-likeness (QED) is 0.554. The van der Waals surface area contributed by atoms with Gasteiger partial charge in [0.1, 0.15) is 4.70 Å². The van der Waals surface area contributed by atoms with Crippen molar-refractivity contribution < 1.29 is 13.2 Å². The molecule has 2 aromatic heterocycles. The number of nitrogens with one attached hydrogen (secondary N) is 1. The van der Waals surface area contributed by atoms with Crippen molar-refractivity contribution in [2.75, 3.05) is 5.73 Å². The van der Waals surface area contributed by atoms with Crippen LogP contribution in [0.3, 0.4) is 0 Å². The van der Waals surface area contributed by atoms with E-state index in [1.807, 2.05) is 0 Å². The highest BCUT2D eigenvalue weighted by Gasteiger charge is 2.32. The molecular formula is C13H9F3N4OS2. The first-order valence-corrected chi connectivity index (χ1v) is 8.09. The smallest absolute Gasteiger partial charge is 0.375 e. The Morgan fingerprint density at radius 1 is 1.26 bits per heavy atom. The number of anilines is 1. The van der Waals surface area contributed by atoms with Gasteiger partial charge in [0.05, 0.1) is 5.56 Å². The zero-order valence-corrected chi connectivity index (χ0v) is 13.0. The maximum atomic E-state index is 12.9. The molecule has 0 atom stereocenters. The van der Waals surface area contributed by atoms with Gasteiger partial charge in [-0.2, -0.15) is 13.2 Å². The van der Waals surface area contributed by atoms with Gasteiger partial charge >= 0.3 is 6.18 Å². The molecule has 3 aromatic rings. The van der Waals surface area contributed by atoms with Crippen molar-refractivity contribution in [1.29, 1.82) is 0 Å². The zero-order chi connectivity index (χ0) is 16.6. The minimum Gasteiger partial charge on any atom is -0.375 e. The molecule has 0 saturated heterocycles. The van der Waals surface area contributed by atoms with Crippen LogP contribution in [0.4, 0.5) is 18.3 Å². The molecule has 0 aliphatic carbocycles. The van der Waals surface area contributed by atoms with E-state index in [0.29, 0.717) is 4.70 Å². The molecule has 3 N–H and O–H groups in total. The minimum absolute atomic E-state index is 0.0176. The molecule has 5 nitrogen and oxygen atoms in total. The second kappa shape index (κ2) is 5.85. The summed E-state index contributed by atoms with van der Waals surface area (Å²) in [4.78, 5) is 22.4. The van der Waals surface area contributed by atoms with Crippen LogP contribution in [0.2, 0.25) is 0 Å². The number of benzene rings is 1. The van der Waals surface area contributed by atoms with Gasteiger partial charge in [-0.05, 0) is 11.6 Å². The van der Waals surface area contributed by atoms with E-state index < -0.39 is 17.3 Å². The number of rotatable bonds is 3. The summed E-state index contributed by atoms with van der Waals surface area (Å²) in [5, 5.41) is 0.410. The average molecular weight is 358 g/mol. The molecule has 3 rings (SSSR count). The van der Waals surface area contributed by atoms with Crippen LogP contribution in [0.1, 0.15) is 11.1 Å². The van der Waals surface area contributed by atoms with Gasteiger partial charge in [-0.15, -0.1) is 0 Å². The van der Waals surface area contributed by atoms with Crippen molar-refractivity contribution in [3.05, 3.63) is 45.7 Å². The van der Waals surface area contributed by atoms with E-state index in [4.69, 9.17) is 5.73 Å². The molecule has 120 valence electrons. The lowest BCUT2D eigenvalue weighted by molar-refractivity contribution is -0.138. The van der Waals surface area contributed by atoms with Crippen molar-refractivity contribution in [2.24, 2.45) is 0 Å². The molecule has 0 unspecified atom stereocenters. The van der Waals surface area contributed by atoms with E-state index >= 15 is 0 Å². The Kier molecular flexibility index (Phi) is 4.02. The highest BCUT2D eigenvalue weighted by molar-refractivity contribution is 7.98. The van der Waals surface area contributed by atoms with Gasteiger partial charge in [-0.1, -0.05) is 41.3 Å². The molecule has 0 aliphatic heterocycles. The van der Waals surface area contributed by atoms with E-state index in [1.54, 1.807) is 0 Å². The predicted molar refractivity (Wildman–Crippen MR) is 83.5 cm³/mol. The summed E-state index contributed by atoms with van der Waals surface area (Å²) >= 11 is 2.01. The monoisotopic (exact) mass is 358 g/mol. The third-order valence-electron chi connectivity index (χ3n) is 2.95. The number of nitrogens with two attached hydrogens (primary N) is 1. The van der Waals surface area contributed by atoms with E-state index in [-0.39, 0.29) is 27.3 Å². The molecule has 0 spiro atoms. The van der Waals surface area contributed by atoms with Crippen molar-refractivity contribution in [2.45, 2.75) is 17.1 Å². The van der Waals surface area contributed by atoms with Crippen LogP contribution in [0.15, 0.2) is 34.2 Å². The Bertz CT molecular complexity index is 919. The van der Waals surface area contributed by atoms with Gasteiger partial charge in [-0.25, -0.2) is 9.97 Å². The first-order chi connectivity index (χ1) is 10.8. The summed E-state index contributed by atoms with van der Waals surface area (Å²) in [6.45, 7) is 0. The fourth-order valence-corrected chi connectivity index (χ4v) is 3.49. The lowest BCUT2D eigenvalue weighted by Gasteiger charge is -2.11. The number of alkyl halides is 3. The van der Waals surface area contributed by atoms with Gasteiger partial charge < -0.3 is 10.7 Å². The van der Waals surface area contributed by atoms with Crippen molar-refractivity contribution >= 4 is 38.6 Å². The molecule has 10 heteroatoms. The highest BCUT2D eigenvalue weighted by Crippen LogP contribution is 2.34. The summed E-state index contributed by atoms with van der Waals surface area (Å²) in [6, 6.07) is 5.29. The number of hydrogen-bond acceptors (Lipinski definition) is 6. The zero-order valence-electron chi connectivity index (χ0n) is 11.3. The number of H-pyrrole nitrogens is 1. The van der Waals surface area contributed by atoms with Crippen LogP contribution in [0.5, 0.6) is 0 Å². The molecule has 0 fully saturated rings. The van der Waals surface area contributed by atoms with Crippen LogP contribution in [-0.4, -0.2) is 15.0 Å². The predicted octanol–water partition coefficient (Wildman–Crippen LogP) is 3.27. The third kappa shape index (κ3) is 3.32. The Morgan fingerprint density at radius 2 is 2.00 bits per heavy atom. The Hall–Kier alpha value is -2.07. The molecule has 0 saturated carbocycles. The molecular weight excluding hydrogens is 349 g/mol. The molecule has 2 heterocycles. The number of aromatic amines is 1. The van der Waals surface area contributed by atoms with Crippen molar-refractivity contribution in [1.82, 2.24) is 15.0 Å². The largest absolute Gasteiger partial charge is 0.416 e. The normalized spacial score (nSPS) is 12.0. The van der Waals surface area contributed by atoms with Crippen LogP contribution < -0.4 is 11.3 Å². The van der Waals surface area contributed by atoms with Crippen LogP contribution in [0, 0.1) is 0 Å². The molecule has 0 aliphatic rings. The van der Waals surface area contributed by atoms with Gasteiger partial charge in [0, 0.05) is 5.75 Å². The number of aromatic nitrogens is 3. The standard InChI is InChI=1S/C13H9F3N4OS2/c14-13(15,16)7-4-2-1-3-6(7)5-22-12-19-9-8(10(21)20-12)23-11(17)18-9/h1-4H,5H2,(H3,17,18,19,20,21). The van der Waals surface area contributed by atoms with Crippen LogP contribution in [0.25, 0.3) is 10.3 Å². The Balaban J connectivity index is 1.88. The Morgan fingerprint density at radius 3 is 2.74 bits per heavy atom. The fourth-order valence-electron chi connectivity index (χ4n) is 1.97. The number of halogens is 3. The van der Waals surface area contributed by atoms with Gasteiger partial charge in [0.2, 0.25) is 0 Å². The van der Waals surface area contributed by atoms with E-state index in [0.717, 1.165) is 29.2 Å². The van der Waals surface area contributed by atoms with Gasteiger partial charge in [-0.3, -0.25) is 4.79 Å². The summed E-state index contributed by atoms with van der Waals surface area (Å²) in [5.41, 5.74) is 4.73. The average Bonchev–Trinajstić information content (AvgIpc) is 2.85. The number of nitrogen functional groups attached to an aromatic ring is 1. The number of fused-ring (bicyclic) bond motifs is 1. The maximum absolute atomic E-state index is 12.9. The maximum Gasteiger partial charge on any atom is 0.416 e. The molecule has 1 aromatic carbocycles.